The van der Waals surface area contributed by atoms with Crippen molar-refractivity contribution in [2.45, 2.75) is 13.8 Å². The average Bonchev–Trinajstić information content (AvgIpc) is 2.55. The highest BCUT2D eigenvalue weighted by Gasteiger charge is 2.21. The number of aromatic nitrogens is 1. The van der Waals surface area contributed by atoms with Gasteiger partial charge in [0.05, 0.1) is 12.7 Å². The Labute approximate surface area is 146 Å². The van der Waals surface area contributed by atoms with Gasteiger partial charge in [-0.05, 0) is 43.2 Å². The first-order valence-corrected chi connectivity index (χ1v) is 7.71. The zero-order valence-electron chi connectivity index (χ0n) is 14.3. The van der Waals surface area contributed by atoms with Crippen LogP contribution in [-0.4, -0.2) is 42.8 Å². The van der Waals surface area contributed by atoms with Crippen LogP contribution in [0.25, 0.3) is 11.1 Å². The van der Waals surface area contributed by atoms with Crippen LogP contribution in [-0.2, 0) is 0 Å². The van der Waals surface area contributed by atoms with Crippen LogP contribution in [0.1, 0.15) is 33.3 Å². The molecule has 0 unspecified atom stereocenters. The van der Waals surface area contributed by atoms with Gasteiger partial charge in [-0.25, -0.2) is 0 Å². The second-order valence-electron chi connectivity index (χ2n) is 5.62. The van der Waals surface area contributed by atoms with E-state index in [2.05, 4.69) is 4.98 Å². The van der Waals surface area contributed by atoms with E-state index in [9.17, 15) is 9.59 Å². The molecule has 5 nitrogen and oxygen atoms in total. The van der Waals surface area contributed by atoms with Crippen molar-refractivity contribution in [2.75, 3.05) is 21.2 Å². The summed E-state index contributed by atoms with van der Waals surface area (Å²) in [4.78, 5) is 29.7. The van der Waals surface area contributed by atoms with Gasteiger partial charge in [0.25, 0.3) is 5.91 Å². The van der Waals surface area contributed by atoms with Crippen molar-refractivity contribution in [3.05, 3.63) is 46.2 Å². The first-order chi connectivity index (χ1) is 11.3. The molecule has 0 aliphatic carbocycles. The van der Waals surface area contributed by atoms with Crippen LogP contribution in [0.2, 0.25) is 5.02 Å². The zero-order chi connectivity index (χ0) is 18.0. The summed E-state index contributed by atoms with van der Waals surface area (Å²) in [6.45, 7) is 3.30. The van der Waals surface area contributed by atoms with Crippen molar-refractivity contribution in [2.24, 2.45) is 0 Å². The number of carbonyl (C=O) groups is 2. The summed E-state index contributed by atoms with van der Waals surface area (Å²) in [5, 5.41) is 0.466. The molecule has 24 heavy (non-hydrogen) atoms. The van der Waals surface area contributed by atoms with E-state index in [1.807, 2.05) is 6.92 Å². The highest BCUT2D eigenvalue weighted by atomic mass is 35.5. The number of hydrogen-bond donors (Lipinski definition) is 0. The molecule has 0 saturated carbocycles. The lowest BCUT2D eigenvalue weighted by atomic mass is 9.95. The summed E-state index contributed by atoms with van der Waals surface area (Å²) in [5.41, 5.74) is 2.89. The maximum atomic E-state index is 12.2. The SMILES string of the molecule is COc1c(C(C)=O)cc(Cl)c(C)c1-c1ccnc(C(=O)N(C)C)c1. The topological polar surface area (TPSA) is 59.5 Å². The number of hydrogen-bond acceptors (Lipinski definition) is 4. The molecule has 0 spiro atoms. The third-order valence-corrected chi connectivity index (χ3v) is 4.13. The zero-order valence-corrected chi connectivity index (χ0v) is 15.1. The number of amides is 1. The second-order valence-corrected chi connectivity index (χ2v) is 6.03. The van der Waals surface area contributed by atoms with E-state index in [1.165, 1.54) is 18.9 Å². The molecule has 0 radical (unpaired) electrons. The Morgan fingerprint density at radius 2 is 1.92 bits per heavy atom. The summed E-state index contributed by atoms with van der Waals surface area (Å²) in [6.07, 6.45) is 1.55. The molecule has 0 bridgehead atoms. The first kappa shape index (κ1) is 17.9. The number of methoxy groups -OCH3 is 1. The van der Waals surface area contributed by atoms with Gasteiger partial charge in [-0.1, -0.05) is 11.6 Å². The van der Waals surface area contributed by atoms with Gasteiger partial charge in [0.1, 0.15) is 11.4 Å². The van der Waals surface area contributed by atoms with E-state index >= 15 is 0 Å². The molecule has 0 fully saturated rings. The van der Waals surface area contributed by atoms with Crippen molar-refractivity contribution in [1.29, 1.82) is 0 Å². The predicted molar refractivity (Wildman–Crippen MR) is 94.0 cm³/mol. The fraction of sp³-hybridized carbons (Fsp3) is 0.278. The lowest BCUT2D eigenvalue weighted by Crippen LogP contribution is -2.22. The van der Waals surface area contributed by atoms with Gasteiger partial charge >= 0.3 is 0 Å². The van der Waals surface area contributed by atoms with Crippen LogP contribution in [0.3, 0.4) is 0 Å². The number of halogens is 1. The van der Waals surface area contributed by atoms with E-state index in [-0.39, 0.29) is 11.7 Å². The van der Waals surface area contributed by atoms with Crippen LogP contribution in [0.15, 0.2) is 24.4 Å². The molecule has 2 aromatic rings. The fourth-order valence-electron chi connectivity index (χ4n) is 2.48. The van der Waals surface area contributed by atoms with Gasteiger partial charge in [-0.2, -0.15) is 0 Å². The Hall–Kier alpha value is -2.40. The van der Waals surface area contributed by atoms with E-state index in [4.69, 9.17) is 16.3 Å². The molecule has 0 N–H and O–H groups in total. The highest BCUT2D eigenvalue weighted by molar-refractivity contribution is 6.32. The van der Waals surface area contributed by atoms with E-state index in [0.717, 1.165) is 11.1 Å². The van der Waals surface area contributed by atoms with E-state index in [0.29, 0.717) is 27.6 Å². The molecule has 126 valence electrons. The number of Topliss-reactive ketones (excluding diaryl/α,β-unsaturated/α-hetero) is 1. The lowest BCUT2D eigenvalue weighted by Gasteiger charge is -2.17. The molecule has 1 amide bonds. The number of ketones is 1. The molecular formula is C18H19ClN2O3. The minimum Gasteiger partial charge on any atom is -0.495 e. The van der Waals surface area contributed by atoms with Crippen LogP contribution in [0.4, 0.5) is 0 Å². The average molecular weight is 347 g/mol. The van der Waals surface area contributed by atoms with Gasteiger partial charge in [-0.3, -0.25) is 14.6 Å². The van der Waals surface area contributed by atoms with Crippen molar-refractivity contribution >= 4 is 23.3 Å². The number of nitrogens with zero attached hydrogens (tertiary/aromatic N) is 2. The van der Waals surface area contributed by atoms with Gasteiger partial charge in [-0.15, -0.1) is 0 Å². The Bertz CT molecular complexity index is 816. The summed E-state index contributed by atoms with van der Waals surface area (Å²) >= 11 is 6.30. The molecule has 0 aliphatic heterocycles. The fourth-order valence-corrected chi connectivity index (χ4v) is 2.68. The number of rotatable bonds is 4. The smallest absolute Gasteiger partial charge is 0.271 e. The molecule has 1 aromatic heterocycles. The Kier molecular flexibility index (Phi) is 5.24. The van der Waals surface area contributed by atoms with Gasteiger partial charge in [0.15, 0.2) is 5.78 Å². The van der Waals surface area contributed by atoms with Gasteiger partial charge in [0.2, 0.25) is 0 Å². The third kappa shape index (κ3) is 3.26. The summed E-state index contributed by atoms with van der Waals surface area (Å²) in [5.74, 6) is 0.0924. The first-order valence-electron chi connectivity index (χ1n) is 7.34. The van der Waals surface area contributed by atoms with Gasteiger partial charge in [0, 0.05) is 30.9 Å². The number of pyridine rings is 1. The normalized spacial score (nSPS) is 10.4. The Morgan fingerprint density at radius 3 is 2.46 bits per heavy atom. The van der Waals surface area contributed by atoms with E-state index < -0.39 is 0 Å². The molecule has 0 saturated heterocycles. The van der Waals surface area contributed by atoms with Gasteiger partial charge < -0.3 is 9.64 Å². The molecule has 6 heteroatoms. The summed E-state index contributed by atoms with van der Waals surface area (Å²) in [7, 11) is 4.83. The quantitative estimate of drug-likeness (QED) is 0.793. The van der Waals surface area contributed by atoms with Crippen LogP contribution in [0.5, 0.6) is 5.75 Å². The number of ether oxygens (including phenoxy) is 1. The maximum absolute atomic E-state index is 12.2. The molecule has 1 heterocycles. The number of benzene rings is 1. The van der Waals surface area contributed by atoms with Crippen molar-refractivity contribution in [3.63, 3.8) is 0 Å². The maximum Gasteiger partial charge on any atom is 0.271 e. The second kappa shape index (κ2) is 7.01. The number of carbonyl (C=O) groups excluding carboxylic acids is 2. The lowest BCUT2D eigenvalue weighted by molar-refractivity contribution is 0.0821. The van der Waals surface area contributed by atoms with Crippen molar-refractivity contribution < 1.29 is 14.3 Å². The van der Waals surface area contributed by atoms with Crippen molar-refractivity contribution in [1.82, 2.24) is 9.88 Å². The van der Waals surface area contributed by atoms with Crippen LogP contribution >= 0.6 is 11.6 Å². The minimum atomic E-state index is -0.206. The molecular weight excluding hydrogens is 328 g/mol. The monoisotopic (exact) mass is 346 g/mol. The highest BCUT2D eigenvalue weighted by Crippen LogP contribution is 2.40. The molecule has 0 aliphatic rings. The van der Waals surface area contributed by atoms with E-state index in [1.54, 1.807) is 38.5 Å². The Morgan fingerprint density at radius 1 is 1.25 bits per heavy atom. The molecule has 1 aromatic carbocycles. The third-order valence-electron chi connectivity index (χ3n) is 3.73. The molecule has 2 rings (SSSR count). The van der Waals surface area contributed by atoms with Crippen LogP contribution in [0, 0.1) is 6.92 Å². The summed E-state index contributed by atoms with van der Waals surface area (Å²) in [6, 6.07) is 5.04. The van der Waals surface area contributed by atoms with Crippen molar-refractivity contribution in [3.8, 4) is 16.9 Å². The largest absolute Gasteiger partial charge is 0.495 e. The standard InChI is InChI=1S/C18H19ClN2O3/c1-10-14(19)9-13(11(2)22)17(24-5)16(10)12-6-7-20-15(8-12)18(23)21(3)4/h6-9H,1-5H3. The summed E-state index contributed by atoms with van der Waals surface area (Å²) < 4.78 is 5.48. The predicted octanol–water partition coefficient (Wildman–Crippen LogP) is 3.62. The minimum absolute atomic E-state index is 0.145. The van der Waals surface area contributed by atoms with Crippen LogP contribution < -0.4 is 4.74 Å². The molecule has 0 atom stereocenters. The Balaban J connectivity index is 2.75.